The van der Waals surface area contributed by atoms with Gasteiger partial charge in [0, 0.05) is 7.05 Å². The summed E-state index contributed by atoms with van der Waals surface area (Å²) in [5.74, 6) is 0. The summed E-state index contributed by atoms with van der Waals surface area (Å²) in [5.41, 5.74) is 0. The molecule has 0 aliphatic carbocycles. The smallest absolute Gasteiger partial charge is 0.101 e. The van der Waals surface area contributed by atoms with Crippen LogP contribution in [0, 0.1) is 4.91 Å². The van der Waals surface area contributed by atoms with Gasteiger partial charge in [0.1, 0.15) is 6.20 Å². The first-order chi connectivity index (χ1) is 3.85. The van der Waals surface area contributed by atoms with Crippen molar-refractivity contribution in [2.24, 2.45) is 5.18 Å². The Bertz CT molecular complexity index is 96.2. The van der Waals surface area contributed by atoms with E-state index in [9.17, 15) is 4.91 Å². The van der Waals surface area contributed by atoms with Crippen LogP contribution in [0.5, 0.6) is 0 Å². The highest BCUT2D eigenvalue weighted by atomic mass is 32.2. The van der Waals surface area contributed by atoms with Crippen LogP contribution in [0.15, 0.2) is 16.4 Å². The van der Waals surface area contributed by atoms with Crippen molar-refractivity contribution in [2.45, 2.75) is 0 Å². The van der Waals surface area contributed by atoms with E-state index in [1.807, 2.05) is 6.26 Å². The van der Waals surface area contributed by atoms with Crippen molar-refractivity contribution in [3.63, 3.8) is 0 Å². The molecule has 0 radical (unpaired) electrons. The Kier molecular flexibility index (Phi) is 4.35. The van der Waals surface area contributed by atoms with E-state index in [1.165, 1.54) is 18.0 Å². The van der Waals surface area contributed by atoms with Crippen LogP contribution in [-0.2, 0) is 0 Å². The van der Waals surface area contributed by atoms with Gasteiger partial charge in [-0.25, -0.2) is 0 Å². The molecule has 46 valence electrons. The normalized spacial score (nSPS) is 11.0. The summed E-state index contributed by atoms with van der Waals surface area (Å²) in [7, 11) is 1.74. The van der Waals surface area contributed by atoms with Crippen LogP contribution in [0.3, 0.4) is 0 Å². The molecule has 8 heavy (non-hydrogen) atoms. The van der Waals surface area contributed by atoms with Crippen LogP contribution in [0.25, 0.3) is 0 Å². The van der Waals surface area contributed by atoms with E-state index in [2.05, 4.69) is 10.5 Å². The summed E-state index contributed by atoms with van der Waals surface area (Å²) in [5, 5.41) is 6.14. The standard InChI is InChI=1S/C4H8N2OS/c1-5-4(8-2)3-6-7/h3,5H,1-2H3/b4-3+. The van der Waals surface area contributed by atoms with Gasteiger partial charge in [-0.2, -0.15) is 0 Å². The number of nitrogens with one attached hydrogen (secondary N) is 1. The molecule has 3 nitrogen and oxygen atoms in total. The Morgan fingerprint density at radius 1 is 1.88 bits per heavy atom. The Hall–Kier alpha value is -0.510. The molecule has 0 aliphatic rings. The minimum atomic E-state index is 0.778. The maximum Gasteiger partial charge on any atom is 0.101 e. The molecule has 0 unspecified atom stereocenters. The first kappa shape index (κ1) is 7.49. The maximum atomic E-state index is 9.55. The lowest BCUT2D eigenvalue weighted by Crippen LogP contribution is -2.00. The van der Waals surface area contributed by atoms with Crippen molar-refractivity contribution in [1.82, 2.24) is 5.32 Å². The largest absolute Gasteiger partial charge is 0.382 e. The van der Waals surface area contributed by atoms with E-state index in [0.29, 0.717) is 0 Å². The van der Waals surface area contributed by atoms with Gasteiger partial charge in [-0.05, 0) is 11.4 Å². The van der Waals surface area contributed by atoms with E-state index in [0.717, 1.165) is 5.03 Å². The van der Waals surface area contributed by atoms with Crippen molar-refractivity contribution in [1.29, 1.82) is 0 Å². The number of hydrogen-bond donors (Lipinski definition) is 1. The minimum absolute atomic E-state index is 0.778. The van der Waals surface area contributed by atoms with Crippen molar-refractivity contribution < 1.29 is 0 Å². The molecular weight excluding hydrogens is 124 g/mol. The molecule has 0 saturated heterocycles. The van der Waals surface area contributed by atoms with Crippen LogP contribution in [0.2, 0.25) is 0 Å². The second-order valence-electron chi connectivity index (χ2n) is 1.05. The first-order valence-electron chi connectivity index (χ1n) is 2.09. The molecule has 0 heterocycles. The Balaban J connectivity index is 3.66. The molecule has 0 bridgehead atoms. The second-order valence-corrected chi connectivity index (χ2v) is 1.90. The lowest BCUT2D eigenvalue weighted by atomic mass is 10.9. The molecule has 4 heteroatoms. The highest BCUT2D eigenvalue weighted by Gasteiger charge is 1.84. The van der Waals surface area contributed by atoms with Gasteiger partial charge in [-0.3, -0.25) is 0 Å². The molecular formula is C4H8N2OS. The third-order valence-electron chi connectivity index (χ3n) is 0.636. The predicted octanol–water partition coefficient (Wildman–Crippen LogP) is 1.13. The molecule has 0 aliphatic heterocycles. The minimum Gasteiger partial charge on any atom is -0.382 e. The van der Waals surface area contributed by atoms with Gasteiger partial charge in [0.2, 0.25) is 0 Å². The van der Waals surface area contributed by atoms with E-state index < -0.39 is 0 Å². The second kappa shape index (κ2) is 4.64. The lowest BCUT2D eigenvalue weighted by molar-refractivity contribution is 1.07. The third-order valence-corrected chi connectivity index (χ3v) is 1.39. The Morgan fingerprint density at radius 2 is 2.50 bits per heavy atom. The van der Waals surface area contributed by atoms with E-state index >= 15 is 0 Å². The molecule has 0 aromatic rings. The van der Waals surface area contributed by atoms with Gasteiger partial charge in [-0.15, -0.1) is 16.7 Å². The number of hydrogen-bond acceptors (Lipinski definition) is 4. The Morgan fingerprint density at radius 3 is 2.62 bits per heavy atom. The van der Waals surface area contributed by atoms with E-state index in [4.69, 9.17) is 0 Å². The third kappa shape index (κ3) is 2.63. The molecule has 0 spiro atoms. The topological polar surface area (TPSA) is 41.5 Å². The predicted molar refractivity (Wildman–Crippen MR) is 36.5 cm³/mol. The summed E-state index contributed by atoms with van der Waals surface area (Å²) in [6.45, 7) is 0. The van der Waals surface area contributed by atoms with Gasteiger partial charge >= 0.3 is 0 Å². The zero-order valence-electron chi connectivity index (χ0n) is 4.84. The molecule has 0 amide bonds. The molecule has 0 rings (SSSR count). The lowest BCUT2D eigenvalue weighted by Gasteiger charge is -1.95. The quantitative estimate of drug-likeness (QED) is 0.585. The van der Waals surface area contributed by atoms with E-state index in [1.54, 1.807) is 7.05 Å². The summed E-state index contributed by atoms with van der Waals surface area (Å²) in [6, 6.07) is 0. The maximum absolute atomic E-state index is 9.55. The van der Waals surface area contributed by atoms with Crippen LogP contribution in [-0.4, -0.2) is 13.3 Å². The average Bonchev–Trinajstić information content (AvgIpc) is 1.83. The van der Waals surface area contributed by atoms with Gasteiger partial charge in [0.15, 0.2) is 0 Å². The molecule has 0 aromatic carbocycles. The number of rotatable bonds is 3. The number of nitroso groups, excluding NO2 is 1. The van der Waals surface area contributed by atoms with Gasteiger partial charge in [-0.1, -0.05) is 0 Å². The van der Waals surface area contributed by atoms with Crippen molar-refractivity contribution in [3.8, 4) is 0 Å². The van der Waals surface area contributed by atoms with Crippen molar-refractivity contribution in [2.75, 3.05) is 13.3 Å². The van der Waals surface area contributed by atoms with Gasteiger partial charge in [0.25, 0.3) is 0 Å². The number of thioether (sulfide) groups is 1. The molecule has 1 N–H and O–H groups in total. The van der Waals surface area contributed by atoms with Gasteiger partial charge in [0.05, 0.1) is 5.03 Å². The van der Waals surface area contributed by atoms with Crippen LogP contribution in [0.4, 0.5) is 0 Å². The van der Waals surface area contributed by atoms with Crippen LogP contribution < -0.4 is 5.32 Å². The molecule has 0 fully saturated rings. The SMILES string of the molecule is CN/C(=C\N=O)SC. The molecule has 0 atom stereocenters. The van der Waals surface area contributed by atoms with Crippen molar-refractivity contribution in [3.05, 3.63) is 16.1 Å². The molecule has 0 saturated carbocycles. The highest BCUT2D eigenvalue weighted by molar-refractivity contribution is 8.02. The summed E-state index contributed by atoms with van der Waals surface area (Å²) in [4.78, 5) is 9.55. The van der Waals surface area contributed by atoms with Crippen molar-refractivity contribution >= 4 is 11.8 Å². The van der Waals surface area contributed by atoms with Crippen LogP contribution >= 0.6 is 11.8 Å². The zero-order chi connectivity index (χ0) is 6.41. The summed E-state index contributed by atoms with van der Waals surface area (Å²) < 4.78 is 0. The fourth-order valence-corrected chi connectivity index (χ4v) is 0.620. The van der Waals surface area contributed by atoms with E-state index in [-0.39, 0.29) is 0 Å². The average molecular weight is 132 g/mol. The monoisotopic (exact) mass is 132 g/mol. The highest BCUT2D eigenvalue weighted by Crippen LogP contribution is 2.04. The fourth-order valence-electron chi connectivity index (χ4n) is 0.267. The van der Waals surface area contributed by atoms with Gasteiger partial charge < -0.3 is 5.32 Å². The Labute approximate surface area is 52.5 Å². The summed E-state index contributed by atoms with van der Waals surface area (Å²) in [6.07, 6.45) is 3.11. The zero-order valence-corrected chi connectivity index (χ0v) is 5.66. The first-order valence-corrected chi connectivity index (χ1v) is 3.32. The number of nitrogens with zero attached hydrogens (tertiary/aromatic N) is 1. The van der Waals surface area contributed by atoms with Crippen LogP contribution in [0.1, 0.15) is 0 Å². The summed E-state index contributed by atoms with van der Waals surface area (Å²) >= 11 is 1.45. The molecule has 0 aromatic heterocycles. The fraction of sp³-hybridized carbons (Fsp3) is 0.500.